The SMILES string of the molecule is CC(O)C(I)I. The fraction of sp³-hybridized carbons (Fsp3) is 1.00. The molecule has 6 heavy (non-hydrogen) atoms. The van der Waals surface area contributed by atoms with E-state index in [0.29, 0.717) is 1.93 Å². The molecule has 0 aromatic carbocycles. The zero-order valence-electron chi connectivity index (χ0n) is 3.36. The number of rotatable bonds is 1. The number of hydrogen-bond donors (Lipinski definition) is 1. The lowest BCUT2D eigenvalue weighted by Gasteiger charge is -2.00. The van der Waals surface area contributed by atoms with Crippen LogP contribution in [-0.2, 0) is 0 Å². The molecule has 1 atom stereocenters. The number of alkyl halides is 2. The molecular formula is C3H6I2O. The second-order valence-corrected chi connectivity index (χ2v) is 6.14. The highest BCUT2D eigenvalue weighted by Gasteiger charge is 2.02. The van der Waals surface area contributed by atoms with Gasteiger partial charge in [-0.25, -0.2) is 0 Å². The maximum atomic E-state index is 8.61. The van der Waals surface area contributed by atoms with E-state index in [1.54, 1.807) is 6.92 Å². The van der Waals surface area contributed by atoms with Crippen LogP contribution in [0.15, 0.2) is 0 Å². The molecule has 0 fully saturated rings. The Kier molecular flexibility index (Phi) is 4.24. The van der Waals surface area contributed by atoms with Gasteiger partial charge in [-0.05, 0) is 6.92 Å². The third-order valence-electron chi connectivity index (χ3n) is 0.365. The van der Waals surface area contributed by atoms with Crippen LogP contribution in [0.4, 0.5) is 0 Å². The fourth-order valence-electron chi connectivity index (χ4n) is 0. The van der Waals surface area contributed by atoms with Crippen LogP contribution in [0, 0.1) is 0 Å². The molecule has 38 valence electrons. The highest BCUT2D eigenvalue weighted by Crippen LogP contribution is 2.12. The fourth-order valence-corrected chi connectivity index (χ4v) is 0. The van der Waals surface area contributed by atoms with Gasteiger partial charge in [0.2, 0.25) is 0 Å². The molecule has 0 rings (SSSR count). The summed E-state index contributed by atoms with van der Waals surface area (Å²) in [5.41, 5.74) is 0. The summed E-state index contributed by atoms with van der Waals surface area (Å²) in [5, 5.41) is 8.61. The van der Waals surface area contributed by atoms with Crippen molar-refractivity contribution in [1.29, 1.82) is 0 Å². The summed E-state index contributed by atoms with van der Waals surface area (Å²) in [7, 11) is 0. The van der Waals surface area contributed by atoms with Crippen LogP contribution >= 0.6 is 45.2 Å². The summed E-state index contributed by atoms with van der Waals surface area (Å²) < 4.78 is 0.347. The Bertz CT molecular complexity index is 29.8. The van der Waals surface area contributed by atoms with Crippen LogP contribution in [0.5, 0.6) is 0 Å². The van der Waals surface area contributed by atoms with Crippen molar-refractivity contribution in [2.45, 2.75) is 15.0 Å². The third-order valence-corrected chi connectivity index (χ3v) is 2.45. The van der Waals surface area contributed by atoms with Crippen molar-refractivity contribution in [3.63, 3.8) is 0 Å². The Morgan fingerprint density at radius 2 is 1.67 bits per heavy atom. The summed E-state index contributed by atoms with van der Waals surface area (Å²) >= 11 is 4.34. The van der Waals surface area contributed by atoms with E-state index >= 15 is 0 Å². The third kappa shape index (κ3) is 3.60. The monoisotopic (exact) mass is 312 g/mol. The van der Waals surface area contributed by atoms with E-state index in [1.807, 2.05) is 0 Å². The molecule has 0 saturated carbocycles. The number of hydrogen-bond acceptors (Lipinski definition) is 1. The molecule has 1 N–H and O–H groups in total. The average molecular weight is 312 g/mol. The summed E-state index contributed by atoms with van der Waals surface area (Å²) in [6.45, 7) is 1.78. The van der Waals surface area contributed by atoms with E-state index in [-0.39, 0.29) is 6.10 Å². The summed E-state index contributed by atoms with van der Waals surface area (Å²) in [6.07, 6.45) is -0.175. The lowest BCUT2D eigenvalue weighted by molar-refractivity contribution is 0.219. The van der Waals surface area contributed by atoms with Crippen molar-refractivity contribution < 1.29 is 5.11 Å². The van der Waals surface area contributed by atoms with Crippen molar-refractivity contribution in [2.24, 2.45) is 0 Å². The lowest BCUT2D eigenvalue weighted by Crippen LogP contribution is -2.06. The molecule has 0 aliphatic carbocycles. The van der Waals surface area contributed by atoms with Crippen LogP contribution in [0.3, 0.4) is 0 Å². The van der Waals surface area contributed by atoms with Crippen molar-refractivity contribution >= 4 is 45.2 Å². The molecular weight excluding hydrogens is 306 g/mol. The Hall–Kier alpha value is 1.42. The standard InChI is InChI=1S/C3H6I2O/c1-2(6)3(4)5/h2-3,6H,1H3. The summed E-state index contributed by atoms with van der Waals surface area (Å²) in [5.74, 6) is 0. The molecule has 0 aromatic heterocycles. The van der Waals surface area contributed by atoms with E-state index in [1.165, 1.54) is 0 Å². The molecule has 1 unspecified atom stereocenters. The van der Waals surface area contributed by atoms with Crippen molar-refractivity contribution in [1.82, 2.24) is 0 Å². The van der Waals surface area contributed by atoms with Crippen LogP contribution in [0.25, 0.3) is 0 Å². The van der Waals surface area contributed by atoms with Gasteiger partial charge >= 0.3 is 0 Å². The minimum Gasteiger partial charge on any atom is -0.392 e. The number of halogens is 2. The average Bonchev–Trinajstić information content (AvgIpc) is 1.36. The molecule has 0 amide bonds. The van der Waals surface area contributed by atoms with Crippen LogP contribution < -0.4 is 0 Å². The van der Waals surface area contributed by atoms with Gasteiger partial charge in [0.05, 0.1) is 8.04 Å². The molecule has 0 aromatic rings. The molecule has 0 aliphatic rings. The molecule has 0 saturated heterocycles. The van der Waals surface area contributed by atoms with Crippen molar-refractivity contribution in [2.75, 3.05) is 0 Å². The van der Waals surface area contributed by atoms with Gasteiger partial charge in [-0.15, -0.1) is 0 Å². The zero-order chi connectivity index (χ0) is 5.15. The minimum absolute atomic E-state index is 0.175. The maximum absolute atomic E-state index is 8.61. The van der Waals surface area contributed by atoms with E-state index in [2.05, 4.69) is 45.2 Å². The summed E-state index contributed by atoms with van der Waals surface area (Å²) in [6, 6.07) is 0. The highest BCUT2D eigenvalue weighted by atomic mass is 127. The minimum atomic E-state index is -0.175. The molecule has 0 aliphatic heterocycles. The van der Waals surface area contributed by atoms with Gasteiger partial charge in [0.15, 0.2) is 0 Å². The highest BCUT2D eigenvalue weighted by molar-refractivity contribution is 14.2. The van der Waals surface area contributed by atoms with Crippen LogP contribution in [0.1, 0.15) is 6.92 Å². The van der Waals surface area contributed by atoms with Gasteiger partial charge in [0, 0.05) is 0 Å². The largest absolute Gasteiger partial charge is 0.392 e. The van der Waals surface area contributed by atoms with E-state index in [4.69, 9.17) is 5.11 Å². The molecule has 3 heteroatoms. The Morgan fingerprint density at radius 1 is 1.50 bits per heavy atom. The topological polar surface area (TPSA) is 20.2 Å². The lowest BCUT2D eigenvalue weighted by atomic mass is 10.5. The number of aliphatic hydroxyl groups excluding tert-OH is 1. The van der Waals surface area contributed by atoms with E-state index in [9.17, 15) is 0 Å². The summed E-state index contributed by atoms with van der Waals surface area (Å²) in [4.78, 5) is 0. The van der Waals surface area contributed by atoms with E-state index < -0.39 is 0 Å². The van der Waals surface area contributed by atoms with Gasteiger partial charge in [-0.1, -0.05) is 45.2 Å². The smallest absolute Gasteiger partial charge is 0.0882 e. The molecule has 0 heterocycles. The quantitative estimate of drug-likeness (QED) is 0.576. The van der Waals surface area contributed by atoms with Gasteiger partial charge in [0.1, 0.15) is 0 Å². The predicted molar refractivity (Wildman–Crippen MR) is 43.5 cm³/mol. The molecule has 0 bridgehead atoms. The normalized spacial score (nSPS) is 15.5. The van der Waals surface area contributed by atoms with Gasteiger partial charge in [-0.3, -0.25) is 0 Å². The first-order valence-corrected chi connectivity index (χ1v) is 4.10. The number of aliphatic hydroxyl groups is 1. The molecule has 0 radical (unpaired) electrons. The first-order valence-electron chi connectivity index (χ1n) is 1.61. The second kappa shape index (κ2) is 3.43. The Balaban J connectivity index is 2.99. The maximum Gasteiger partial charge on any atom is 0.0882 e. The molecule has 0 spiro atoms. The van der Waals surface area contributed by atoms with Gasteiger partial charge in [-0.2, -0.15) is 0 Å². The van der Waals surface area contributed by atoms with Gasteiger partial charge < -0.3 is 5.11 Å². The van der Waals surface area contributed by atoms with Crippen LogP contribution in [-0.4, -0.2) is 13.1 Å². The van der Waals surface area contributed by atoms with Crippen molar-refractivity contribution in [3.8, 4) is 0 Å². The predicted octanol–water partition coefficient (Wildman–Crippen LogP) is 1.56. The van der Waals surface area contributed by atoms with Gasteiger partial charge in [0.25, 0.3) is 0 Å². The van der Waals surface area contributed by atoms with Crippen LogP contribution in [0.2, 0.25) is 0 Å². The first-order chi connectivity index (χ1) is 2.64. The Labute approximate surface area is 64.8 Å². The first kappa shape index (κ1) is 7.42. The zero-order valence-corrected chi connectivity index (χ0v) is 7.67. The molecule has 1 nitrogen and oxygen atoms in total. The Morgan fingerprint density at radius 3 is 1.67 bits per heavy atom. The van der Waals surface area contributed by atoms with E-state index in [0.717, 1.165) is 0 Å². The van der Waals surface area contributed by atoms with Crippen molar-refractivity contribution in [3.05, 3.63) is 0 Å². The second-order valence-electron chi connectivity index (χ2n) is 1.08.